The second-order valence-corrected chi connectivity index (χ2v) is 8.54. The predicted octanol–water partition coefficient (Wildman–Crippen LogP) is 4.91. The van der Waals surface area contributed by atoms with Crippen molar-refractivity contribution in [1.82, 2.24) is 24.5 Å². The highest BCUT2D eigenvalue weighted by atomic mass is 16.2. The Labute approximate surface area is 198 Å². The Morgan fingerprint density at radius 3 is 2.65 bits per heavy atom. The fourth-order valence-corrected chi connectivity index (χ4v) is 4.24. The number of hydrogen-bond acceptors (Lipinski definition) is 4. The van der Waals surface area contributed by atoms with Crippen molar-refractivity contribution < 1.29 is 4.79 Å². The van der Waals surface area contributed by atoms with E-state index in [9.17, 15) is 4.79 Å². The molecule has 0 spiro atoms. The van der Waals surface area contributed by atoms with Gasteiger partial charge >= 0.3 is 0 Å². The van der Waals surface area contributed by atoms with Crippen LogP contribution >= 0.6 is 0 Å². The molecule has 0 atom stereocenters. The molecule has 3 aromatic heterocycles. The minimum atomic E-state index is -0.201. The van der Waals surface area contributed by atoms with E-state index >= 15 is 0 Å². The van der Waals surface area contributed by atoms with Gasteiger partial charge in [-0.15, -0.1) is 0 Å². The lowest BCUT2D eigenvalue weighted by Gasteiger charge is -2.07. The molecule has 5 rings (SSSR count). The highest BCUT2D eigenvalue weighted by Crippen LogP contribution is 2.30. The minimum Gasteiger partial charge on any atom is -0.308 e. The number of benzene rings is 2. The van der Waals surface area contributed by atoms with Gasteiger partial charge in [-0.05, 0) is 49.1 Å². The molecule has 0 aliphatic carbocycles. The summed E-state index contributed by atoms with van der Waals surface area (Å²) >= 11 is 0. The topological polar surface area (TPSA) is 77.6 Å². The smallest absolute Gasteiger partial charge is 0.247 e. The summed E-state index contributed by atoms with van der Waals surface area (Å²) in [5.41, 5.74) is 7.30. The Kier molecular flexibility index (Phi) is 5.67. The first-order valence-electron chi connectivity index (χ1n) is 11.2. The molecule has 5 aromatic rings. The lowest BCUT2D eigenvalue weighted by atomic mass is 10.0. The van der Waals surface area contributed by atoms with Crippen molar-refractivity contribution in [2.75, 3.05) is 5.32 Å². The molecule has 1 amide bonds. The molecule has 0 saturated carbocycles. The molecular weight excluding hydrogens is 424 g/mol. The summed E-state index contributed by atoms with van der Waals surface area (Å²) in [5.74, 6) is 0.313. The van der Waals surface area contributed by atoms with Crippen molar-refractivity contribution in [1.29, 1.82) is 0 Å². The van der Waals surface area contributed by atoms with Crippen molar-refractivity contribution in [3.05, 3.63) is 95.4 Å². The SMILES string of the molecule is Cc1cccc(-c2ccnc3c2c(C)nn3CC(=O)Nc2ccn(Cc3ccccc3C)n2)c1. The Hall–Kier alpha value is -4.26. The van der Waals surface area contributed by atoms with Gasteiger partial charge in [0.25, 0.3) is 0 Å². The molecule has 0 aliphatic heterocycles. The number of hydrogen-bond donors (Lipinski definition) is 1. The predicted molar refractivity (Wildman–Crippen MR) is 134 cm³/mol. The summed E-state index contributed by atoms with van der Waals surface area (Å²) in [5, 5.41) is 13.0. The number of pyridine rings is 1. The normalized spacial score (nSPS) is 11.1. The van der Waals surface area contributed by atoms with Crippen LogP contribution in [-0.4, -0.2) is 30.5 Å². The van der Waals surface area contributed by atoms with Crippen molar-refractivity contribution in [2.45, 2.75) is 33.9 Å². The van der Waals surface area contributed by atoms with Crippen LogP contribution in [0.15, 0.2) is 73.1 Å². The van der Waals surface area contributed by atoms with E-state index < -0.39 is 0 Å². The quantitative estimate of drug-likeness (QED) is 0.399. The third kappa shape index (κ3) is 4.32. The zero-order chi connectivity index (χ0) is 23.7. The van der Waals surface area contributed by atoms with E-state index in [1.54, 1.807) is 16.9 Å². The number of amides is 1. The zero-order valence-electron chi connectivity index (χ0n) is 19.5. The van der Waals surface area contributed by atoms with Gasteiger partial charge in [-0.1, -0.05) is 54.1 Å². The van der Waals surface area contributed by atoms with Crippen molar-refractivity contribution in [2.24, 2.45) is 0 Å². The largest absolute Gasteiger partial charge is 0.308 e. The molecule has 0 fully saturated rings. The fraction of sp³-hybridized carbons (Fsp3) is 0.185. The standard InChI is InChI=1S/C27H26N6O/c1-18-7-6-10-21(15-18)23-11-13-28-27-26(23)20(3)30-33(27)17-25(34)29-24-12-14-32(31-24)16-22-9-5-4-8-19(22)2/h4-15H,16-17H2,1-3H3,(H,29,31,34). The van der Waals surface area contributed by atoms with Crippen molar-refractivity contribution >= 4 is 22.8 Å². The summed E-state index contributed by atoms with van der Waals surface area (Å²) in [6, 6.07) is 20.3. The van der Waals surface area contributed by atoms with Gasteiger partial charge in [0.2, 0.25) is 5.91 Å². The number of aryl methyl sites for hydroxylation is 3. The van der Waals surface area contributed by atoms with Gasteiger partial charge in [0, 0.05) is 23.8 Å². The second kappa shape index (κ2) is 8.94. The van der Waals surface area contributed by atoms with E-state index in [2.05, 4.69) is 64.7 Å². The maximum atomic E-state index is 12.8. The summed E-state index contributed by atoms with van der Waals surface area (Å²) in [6.07, 6.45) is 3.63. The first-order chi connectivity index (χ1) is 16.5. The first kappa shape index (κ1) is 21.6. The molecule has 0 saturated heterocycles. The van der Waals surface area contributed by atoms with Gasteiger partial charge in [0.15, 0.2) is 11.5 Å². The Bertz CT molecular complexity index is 1500. The van der Waals surface area contributed by atoms with E-state index in [1.165, 1.54) is 16.7 Å². The summed E-state index contributed by atoms with van der Waals surface area (Å²) < 4.78 is 3.48. The Morgan fingerprint density at radius 2 is 1.82 bits per heavy atom. The van der Waals surface area contributed by atoms with Crippen LogP contribution in [0.3, 0.4) is 0 Å². The van der Waals surface area contributed by atoms with Crippen LogP contribution in [-0.2, 0) is 17.9 Å². The van der Waals surface area contributed by atoms with Gasteiger partial charge in [0.1, 0.15) is 6.54 Å². The van der Waals surface area contributed by atoms with Crippen LogP contribution in [0.4, 0.5) is 5.82 Å². The number of fused-ring (bicyclic) bond motifs is 1. The number of nitrogens with one attached hydrogen (secondary N) is 1. The maximum Gasteiger partial charge on any atom is 0.247 e. The van der Waals surface area contributed by atoms with Gasteiger partial charge < -0.3 is 5.32 Å². The molecule has 2 aromatic carbocycles. The monoisotopic (exact) mass is 450 g/mol. The van der Waals surface area contributed by atoms with Crippen LogP contribution in [0.1, 0.15) is 22.4 Å². The lowest BCUT2D eigenvalue weighted by molar-refractivity contribution is -0.116. The summed E-state index contributed by atoms with van der Waals surface area (Å²) in [6.45, 7) is 6.81. The number of aromatic nitrogens is 5. The molecule has 0 radical (unpaired) electrons. The van der Waals surface area contributed by atoms with E-state index in [-0.39, 0.29) is 12.5 Å². The van der Waals surface area contributed by atoms with Gasteiger partial charge in [0.05, 0.1) is 12.2 Å². The molecule has 1 N–H and O–H groups in total. The number of carbonyl (C=O) groups is 1. The van der Waals surface area contributed by atoms with Crippen LogP contribution in [0, 0.1) is 20.8 Å². The Balaban J connectivity index is 1.34. The van der Waals surface area contributed by atoms with Crippen LogP contribution in [0.5, 0.6) is 0 Å². The fourth-order valence-electron chi connectivity index (χ4n) is 4.24. The number of anilines is 1. The number of nitrogens with zero attached hydrogens (tertiary/aromatic N) is 5. The van der Waals surface area contributed by atoms with E-state index in [4.69, 9.17) is 0 Å². The molecule has 3 heterocycles. The van der Waals surface area contributed by atoms with E-state index in [1.807, 2.05) is 42.1 Å². The number of carbonyl (C=O) groups excluding carboxylic acids is 1. The Morgan fingerprint density at radius 1 is 0.971 bits per heavy atom. The van der Waals surface area contributed by atoms with E-state index in [0.717, 1.165) is 22.2 Å². The maximum absolute atomic E-state index is 12.8. The van der Waals surface area contributed by atoms with E-state index in [0.29, 0.717) is 18.0 Å². The average Bonchev–Trinajstić information content (AvgIpc) is 3.39. The molecule has 7 heteroatoms. The molecular formula is C27H26N6O. The lowest BCUT2D eigenvalue weighted by Crippen LogP contribution is -2.20. The summed E-state index contributed by atoms with van der Waals surface area (Å²) in [7, 11) is 0. The molecule has 170 valence electrons. The molecule has 0 unspecified atom stereocenters. The van der Waals surface area contributed by atoms with Crippen LogP contribution in [0.25, 0.3) is 22.2 Å². The second-order valence-electron chi connectivity index (χ2n) is 8.54. The molecule has 34 heavy (non-hydrogen) atoms. The van der Waals surface area contributed by atoms with Crippen LogP contribution in [0.2, 0.25) is 0 Å². The van der Waals surface area contributed by atoms with Crippen LogP contribution < -0.4 is 5.32 Å². The highest BCUT2D eigenvalue weighted by Gasteiger charge is 2.16. The minimum absolute atomic E-state index is 0.0548. The zero-order valence-corrected chi connectivity index (χ0v) is 19.5. The molecule has 7 nitrogen and oxygen atoms in total. The third-order valence-corrected chi connectivity index (χ3v) is 5.93. The highest BCUT2D eigenvalue weighted by molar-refractivity contribution is 5.96. The molecule has 0 aliphatic rings. The van der Waals surface area contributed by atoms with Gasteiger partial charge in [-0.25, -0.2) is 9.67 Å². The number of rotatable bonds is 6. The van der Waals surface area contributed by atoms with Gasteiger partial charge in [-0.2, -0.15) is 10.2 Å². The average molecular weight is 451 g/mol. The summed E-state index contributed by atoms with van der Waals surface area (Å²) in [4.78, 5) is 17.3. The van der Waals surface area contributed by atoms with Gasteiger partial charge in [-0.3, -0.25) is 9.48 Å². The van der Waals surface area contributed by atoms with Crippen molar-refractivity contribution in [3.63, 3.8) is 0 Å². The van der Waals surface area contributed by atoms with Crippen molar-refractivity contribution in [3.8, 4) is 11.1 Å². The molecule has 0 bridgehead atoms. The first-order valence-corrected chi connectivity index (χ1v) is 11.2. The third-order valence-electron chi connectivity index (χ3n) is 5.93.